The van der Waals surface area contributed by atoms with Gasteiger partial charge in [0, 0.05) is 24.2 Å². The maximum absolute atomic E-state index is 12.2. The summed E-state index contributed by atoms with van der Waals surface area (Å²) in [5.41, 5.74) is 1.63. The van der Waals surface area contributed by atoms with Crippen molar-refractivity contribution in [2.45, 2.75) is 6.42 Å². The zero-order valence-electron chi connectivity index (χ0n) is 12.9. The highest BCUT2D eigenvalue weighted by atomic mass is 16.6. The van der Waals surface area contributed by atoms with E-state index in [-0.39, 0.29) is 11.6 Å². The number of benzene rings is 3. The molecule has 3 aromatic rings. The molecule has 3 aromatic carbocycles. The Morgan fingerprint density at radius 2 is 1.67 bits per heavy atom. The minimum Gasteiger partial charge on any atom is -0.352 e. The Morgan fingerprint density at radius 1 is 0.958 bits per heavy atom. The second-order valence-electron chi connectivity index (χ2n) is 5.49. The molecule has 0 saturated heterocycles. The van der Waals surface area contributed by atoms with E-state index in [9.17, 15) is 14.9 Å². The van der Waals surface area contributed by atoms with Crippen molar-refractivity contribution in [1.82, 2.24) is 5.32 Å². The Bertz CT molecular complexity index is 889. The number of carbonyl (C=O) groups is 1. The van der Waals surface area contributed by atoms with Crippen LogP contribution in [0.4, 0.5) is 5.69 Å². The molecule has 0 unspecified atom stereocenters. The molecule has 0 aliphatic rings. The molecule has 0 aliphatic heterocycles. The second-order valence-corrected chi connectivity index (χ2v) is 5.49. The number of carbonyl (C=O) groups excluding carboxylic acids is 1. The molecule has 0 spiro atoms. The largest absolute Gasteiger partial charge is 0.352 e. The summed E-state index contributed by atoms with van der Waals surface area (Å²) in [5, 5.41) is 15.6. The lowest BCUT2D eigenvalue weighted by Gasteiger charge is -2.06. The third kappa shape index (κ3) is 3.57. The average molecular weight is 320 g/mol. The zero-order valence-corrected chi connectivity index (χ0v) is 12.9. The minimum atomic E-state index is -0.425. The SMILES string of the molecule is O=C(NCCc1ccc([N+](=O)[O-])cc1)c1ccc2ccccc2c1. The van der Waals surface area contributed by atoms with Crippen LogP contribution in [0, 0.1) is 10.1 Å². The summed E-state index contributed by atoms with van der Waals surface area (Å²) < 4.78 is 0. The molecule has 0 atom stereocenters. The normalized spacial score (nSPS) is 10.5. The first-order valence-corrected chi connectivity index (χ1v) is 7.64. The molecule has 0 aromatic heterocycles. The van der Waals surface area contributed by atoms with Gasteiger partial charge >= 0.3 is 0 Å². The lowest BCUT2D eigenvalue weighted by molar-refractivity contribution is -0.384. The maximum atomic E-state index is 12.2. The molecule has 1 N–H and O–H groups in total. The summed E-state index contributed by atoms with van der Waals surface area (Å²) in [5.74, 6) is -0.123. The Labute approximate surface area is 139 Å². The zero-order chi connectivity index (χ0) is 16.9. The predicted molar refractivity (Wildman–Crippen MR) is 93.1 cm³/mol. The number of nitro benzene ring substituents is 1. The molecule has 5 nitrogen and oxygen atoms in total. The Balaban J connectivity index is 1.59. The van der Waals surface area contributed by atoms with Crippen LogP contribution in [0.2, 0.25) is 0 Å². The molecular formula is C19H16N2O3. The maximum Gasteiger partial charge on any atom is 0.269 e. The third-order valence-electron chi connectivity index (χ3n) is 3.86. The Hall–Kier alpha value is -3.21. The van der Waals surface area contributed by atoms with Crippen molar-refractivity contribution in [3.63, 3.8) is 0 Å². The van der Waals surface area contributed by atoms with Gasteiger partial charge in [0.15, 0.2) is 0 Å². The van der Waals surface area contributed by atoms with Gasteiger partial charge in [-0.15, -0.1) is 0 Å². The van der Waals surface area contributed by atoms with Crippen LogP contribution < -0.4 is 5.32 Å². The number of hydrogen-bond donors (Lipinski definition) is 1. The van der Waals surface area contributed by atoms with E-state index in [1.54, 1.807) is 12.1 Å². The van der Waals surface area contributed by atoms with E-state index >= 15 is 0 Å². The molecule has 120 valence electrons. The highest BCUT2D eigenvalue weighted by Crippen LogP contribution is 2.16. The van der Waals surface area contributed by atoms with Crippen molar-refractivity contribution < 1.29 is 9.72 Å². The lowest BCUT2D eigenvalue weighted by Crippen LogP contribution is -2.25. The topological polar surface area (TPSA) is 72.2 Å². The fourth-order valence-corrected chi connectivity index (χ4v) is 2.54. The van der Waals surface area contributed by atoms with Crippen LogP contribution in [0.3, 0.4) is 0 Å². The van der Waals surface area contributed by atoms with E-state index in [1.165, 1.54) is 12.1 Å². The molecule has 0 saturated carbocycles. The van der Waals surface area contributed by atoms with Crippen molar-refractivity contribution >= 4 is 22.4 Å². The molecule has 0 heterocycles. The number of rotatable bonds is 5. The highest BCUT2D eigenvalue weighted by molar-refractivity contribution is 5.98. The molecule has 24 heavy (non-hydrogen) atoms. The summed E-state index contributed by atoms with van der Waals surface area (Å²) >= 11 is 0. The molecule has 5 heteroatoms. The van der Waals surface area contributed by atoms with Crippen LogP contribution in [-0.2, 0) is 6.42 Å². The molecule has 3 rings (SSSR count). The van der Waals surface area contributed by atoms with Crippen molar-refractivity contribution in [1.29, 1.82) is 0 Å². The van der Waals surface area contributed by atoms with Crippen LogP contribution in [0.5, 0.6) is 0 Å². The van der Waals surface area contributed by atoms with Gasteiger partial charge in [0.2, 0.25) is 0 Å². The van der Waals surface area contributed by atoms with Crippen LogP contribution in [0.25, 0.3) is 10.8 Å². The molecule has 1 amide bonds. The first-order valence-electron chi connectivity index (χ1n) is 7.64. The van der Waals surface area contributed by atoms with E-state index in [1.807, 2.05) is 42.5 Å². The molecule has 0 fully saturated rings. The number of nitrogens with zero attached hydrogens (tertiary/aromatic N) is 1. The fraction of sp³-hybridized carbons (Fsp3) is 0.105. The van der Waals surface area contributed by atoms with Crippen LogP contribution in [-0.4, -0.2) is 17.4 Å². The molecular weight excluding hydrogens is 304 g/mol. The van der Waals surface area contributed by atoms with Crippen LogP contribution in [0.15, 0.2) is 66.7 Å². The standard InChI is InChI=1S/C19H16N2O3/c22-19(17-8-7-15-3-1-2-4-16(15)13-17)20-12-11-14-5-9-18(10-6-14)21(23)24/h1-10,13H,11-12H2,(H,20,22). The van der Waals surface area contributed by atoms with Crippen molar-refractivity contribution in [2.24, 2.45) is 0 Å². The van der Waals surface area contributed by atoms with Gasteiger partial charge in [-0.2, -0.15) is 0 Å². The second kappa shape index (κ2) is 6.91. The number of fused-ring (bicyclic) bond motifs is 1. The van der Waals surface area contributed by atoms with Gasteiger partial charge < -0.3 is 5.32 Å². The number of nitrogens with one attached hydrogen (secondary N) is 1. The highest BCUT2D eigenvalue weighted by Gasteiger charge is 2.07. The number of amides is 1. The lowest BCUT2D eigenvalue weighted by atomic mass is 10.1. The third-order valence-corrected chi connectivity index (χ3v) is 3.86. The van der Waals surface area contributed by atoms with Crippen LogP contribution >= 0.6 is 0 Å². The monoisotopic (exact) mass is 320 g/mol. The summed E-state index contributed by atoms with van der Waals surface area (Å²) in [6.07, 6.45) is 0.622. The first-order chi connectivity index (χ1) is 11.6. The van der Waals surface area contributed by atoms with Gasteiger partial charge in [-0.05, 0) is 34.9 Å². The number of non-ortho nitro benzene ring substituents is 1. The van der Waals surface area contributed by atoms with Gasteiger partial charge in [-0.3, -0.25) is 14.9 Å². The van der Waals surface area contributed by atoms with Crippen molar-refractivity contribution in [2.75, 3.05) is 6.54 Å². The summed E-state index contributed by atoms with van der Waals surface area (Å²) in [6.45, 7) is 0.476. The van der Waals surface area contributed by atoms with Gasteiger partial charge in [-0.25, -0.2) is 0 Å². The van der Waals surface area contributed by atoms with Crippen LogP contribution in [0.1, 0.15) is 15.9 Å². The molecule has 0 radical (unpaired) electrons. The quantitative estimate of drug-likeness (QED) is 0.575. The van der Waals surface area contributed by atoms with Gasteiger partial charge in [0.25, 0.3) is 11.6 Å². The Morgan fingerprint density at radius 3 is 2.38 bits per heavy atom. The van der Waals surface area contributed by atoms with Crippen molar-refractivity contribution in [3.8, 4) is 0 Å². The smallest absolute Gasteiger partial charge is 0.269 e. The fourth-order valence-electron chi connectivity index (χ4n) is 2.54. The first kappa shape index (κ1) is 15.7. The van der Waals surface area contributed by atoms with Gasteiger partial charge in [0.1, 0.15) is 0 Å². The number of hydrogen-bond acceptors (Lipinski definition) is 3. The average Bonchev–Trinajstić information content (AvgIpc) is 2.61. The van der Waals surface area contributed by atoms with E-state index < -0.39 is 4.92 Å². The Kier molecular flexibility index (Phi) is 4.52. The summed E-state index contributed by atoms with van der Waals surface area (Å²) in [6, 6.07) is 19.9. The van der Waals surface area contributed by atoms with E-state index in [0.717, 1.165) is 16.3 Å². The number of nitro groups is 1. The predicted octanol–water partition coefficient (Wildman–Crippen LogP) is 3.72. The summed E-state index contributed by atoms with van der Waals surface area (Å²) in [4.78, 5) is 22.4. The van der Waals surface area contributed by atoms with E-state index in [2.05, 4.69) is 5.32 Å². The molecule has 0 aliphatic carbocycles. The summed E-state index contributed by atoms with van der Waals surface area (Å²) in [7, 11) is 0. The minimum absolute atomic E-state index is 0.0685. The van der Waals surface area contributed by atoms with Gasteiger partial charge in [-0.1, -0.05) is 42.5 Å². The van der Waals surface area contributed by atoms with E-state index in [4.69, 9.17) is 0 Å². The van der Waals surface area contributed by atoms with Crippen molar-refractivity contribution in [3.05, 3.63) is 88.0 Å². The molecule has 0 bridgehead atoms. The van der Waals surface area contributed by atoms with E-state index in [0.29, 0.717) is 18.5 Å². The van der Waals surface area contributed by atoms with Gasteiger partial charge in [0.05, 0.1) is 4.92 Å².